The summed E-state index contributed by atoms with van der Waals surface area (Å²) in [5, 5.41) is 3.07. The molecule has 0 amide bonds. The number of rotatable bonds is 3. The summed E-state index contributed by atoms with van der Waals surface area (Å²) in [5.41, 5.74) is 0.826. The molecule has 0 saturated carbocycles. The van der Waals surface area contributed by atoms with Crippen molar-refractivity contribution in [2.45, 2.75) is 26.8 Å². The zero-order valence-corrected chi connectivity index (χ0v) is 7.47. The van der Waals surface area contributed by atoms with Crippen LogP contribution >= 0.6 is 0 Å². The SMILES string of the molecule is COC(=O)C=C(C)NC(C)C. The normalized spacial score (nSPS) is 11.5. The molecule has 0 spiro atoms. The highest BCUT2D eigenvalue weighted by Gasteiger charge is 1.96. The topological polar surface area (TPSA) is 38.3 Å². The van der Waals surface area contributed by atoms with Gasteiger partial charge in [0.1, 0.15) is 0 Å². The van der Waals surface area contributed by atoms with Crippen LogP contribution in [0.2, 0.25) is 0 Å². The fourth-order valence-electron chi connectivity index (χ4n) is 0.733. The van der Waals surface area contributed by atoms with Crippen LogP contribution in [-0.2, 0) is 9.53 Å². The molecule has 0 unspecified atom stereocenters. The first kappa shape index (κ1) is 10.0. The van der Waals surface area contributed by atoms with Gasteiger partial charge in [0, 0.05) is 17.8 Å². The van der Waals surface area contributed by atoms with E-state index >= 15 is 0 Å². The van der Waals surface area contributed by atoms with Gasteiger partial charge in [0.15, 0.2) is 0 Å². The summed E-state index contributed by atoms with van der Waals surface area (Å²) < 4.78 is 4.45. The van der Waals surface area contributed by atoms with E-state index in [4.69, 9.17) is 0 Å². The van der Waals surface area contributed by atoms with Crippen LogP contribution in [0.5, 0.6) is 0 Å². The predicted molar refractivity (Wildman–Crippen MR) is 44.0 cm³/mol. The average Bonchev–Trinajstić information content (AvgIpc) is 1.85. The maximum atomic E-state index is 10.7. The van der Waals surface area contributed by atoms with Gasteiger partial charge in [-0.15, -0.1) is 0 Å². The number of hydrogen-bond acceptors (Lipinski definition) is 3. The number of ether oxygens (including phenoxy) is 1. The molecule has 11 heavy (non-hydrogen) atoms. The molecule has 0 bridgehead atoms. The fraction of sp³-hybridized carbons (Fsp3) is 0.625. The number of nitrogens with one attached hydrogen (secondary N) is 1. The molecule has 0 aromatic heterocycles. The molecule has 0 atom stereocenters. The first-order valence-electron chi connectivity index (χ1n) is 3.59. The minimum absolute atomic E-state index is 0.323. The summed E-state index contributed by atoms with van der Waals surface area (Å²) in [6.07, 6.45) is 1.43. The van der Waals surface area contributed by atoms with Gasteiger partial charge in [0.05, 0.1) is 7.11 Å². The van der Waals surface area contributed by atoms with Crippen molar-refractivity contribution in [3.8, 4) is 0 Å². The Morgan fingerprint density at radius 2 is 2.09 bits per heavy atom. The Labute approximate surface area is 67.4 Å². The van der Waals surface area contributed by atoms with Crippen LogP contribution in [0.4, 0.5) is 0 Å². The van der Waals surface area contributed by atoms with Crippen molar-refractivity contribution in [1.29, 1.82) is 0 Å². The minimum atomic E-state index is -0.323. The molecule has 0 radical (unpaired) electrons. The van der Waals surface area contributed by atoms with Crippen LogP contribution < -0.4 is 5.32 Å². The summed E-state index contributed by atoms with van der Waals surface area (Å²) in [6, 6.07) is 0.343. The van der Waals surface area contributed by atoms with Gasteiger partial charge < -0.3 is 10.1 Å². The van der Waals surface area contributed by atoms with Crippen molar-refractivity contribution in [1.82, 2.24) is 5.32 Å². The smallest absolute Gasteiger partial charge is 0.332 e. The molecule has 0 aliphatic rings. The van der Waals surface area contributed by atoms with E-state index in [0.717, 1.165) is 5.70 Å². The number of methoxy groups -OCH3 is 1. The number of carbonyl (C=O) groups excluding carboxylic acids is 1. The Morgan fingerprint density at radius 3 is 2.45 bits per heavy atom. The van der Waals surface area contributed by atoms with Gasteiger partial charge in [-0.2, -0.15) is 0 Å². The molecule has 0 aromatic rings. The first-order valence-corrected chi connectivity index (χ1v) is 3.59. The number of hydrogen-bond donors (Lipinski definition) is 1. The van der Waals surface area contributed by atoms with E-state index in [1.807, 2.05) is 20.8 Å². The second kappa shape index (κ2) is 4.77. The molecule has 0 aromatic carbocycles. The van der Waals surface area contributed by atoms with Crippen molar-refractivity contribution in [2.24, 2.45) is 0 Å². The Hall–Kier alpha value is -0.990. The van der Waals surface area contributed by atoms with Crippen molar-refractivity contribution in [3.63, 3.8) is 0 Å². The third-order valence-electron chi connectivity index (χ3n) is 1.05. The van der Waals surface area contributed by atoms with E-state index in [1.54, 1.807) is 0 Å². The van der Waals surface area contributed by atoms with E-state index in [0.29, 0.717) is 6.04 Å². The molecule has 1 N–H and O–H groups in total. The zero-order chi connectivity index (χ0) is 8.85. The quantitative estimate of drug-likeness (QED) is 0.491. The lowest BCUT2D eigenvalue weighted by atomic mass is 10.3. The molecule has 0 rings (SSSR count). The molecule has 3 nitrogen and oxygen atoms in total. The van der Waals surface area contributed by atoms with E-state index in [-0.39, 0.29) is 5.97 Å². The molecule has 0 aliphatic heterocycles. The summed E-state index contributed by atoms with van der Waals surface area (Å²) in [6.45, 7) is 5.85. The van der Waals surface area contributed by atoms with Crippen LogP contribution in [0, 0.1) is 0 Å². The molecule has 0 heterocycles. The fourth-order valence-corrected chi connectivity index (χ4v) is 0.733. The maximum absolute atomic E-state index is 10.7. The second-order valence-electron chi connectivity index (χ2n) is 2.65. The van der Waals surface area contributed by atoms with Gasteiger partial charge in [-0.1, -0.05) is 0 Å². The highest BCUT2D eigenvalue weighted by molar-refractivity contribution is 5.82. The lowest BCUT2D eigenvalue weighted by molar-refractivity contribution is -0.134. The molecular weight excluding hydrogens is 142 g/mol. The van der Waals surface area contributed by atoms with Gasteiger partial charge >= 0.3 is 5.97 Å². The number of esters is 1. The van der Waals surface area contributed by atoms with Crippen molar-refractivity contribution >= 4 is 5.97 Å². The molecule has 64 valence electrons. The average molecular weight is 157 g/mol. The van der Waals surface area contributed by atoms with E-state index < -0.39 is 0 Å². The lowest BCUT2D eigenvalue weighted by Gasteiger charge is -2.08. The lowest BCUT2D eigenvalue weighted by Crippen LogP contribution is -2.21. The molecule has 0 saturated heterocycles. The molecule has 3 heteroatoms. The minimum Gasteiger partial charge on any atom is -0.466 e. The third-order valence-corrected chi connectivity index (χ3v) is 1.05. The summed E-state index contributed by atoms with van der Waals surface area (Å²) >= 11 is 0. The van der Waals surface area contributed by atoms with Gasteiger partial charge in [0.2, 0.25) is 0 Å². The van der Waals surface area contributed by atoms with Crippen molar-refractivity contribution in [2.75, 3.05) is 7.11 Å². The molecular formula is C8H15NO2. The summed E-state index contributed by atoms with van der Waals surface area (Å²) in [5.74, 6) is -0.323. The summed E-state index contributed by atoms with van der Waals surface area (Å²) in [7, 11) is 1.36. The number of allylic oxidation sites excluding steroid dienone is 1. The highest BCUT2D eigenvalue weighted by Crippen LogP contribution is 1.90. The van der Waals surface area contributed by atoms with Crippen LogP contribution in [0.1, 0.15) is 20.8 Å². The van der Waals surface area contributed by atoms with Gasteiger partial charge in [0.25, 0.3) is 0 Å². The highest BCUT2D eigenvalue weighted by atomic mass is 16.5. The summed E-state index contributed by atoms with van der Waals surface area (Å²) in [4.78, 5) is 10.7. The van der Waals surface area contributed by atoms with Gasteiger partial charge in [-0.3, -0.25) is 0 Å². The van der Waals surface area contributed by atoms with Gasteiger partial charge in [-0.05, 0) is 20.8 Å². The standard InChI is InChI=1S/C8H15NO2/c1-6(2)9-7(3)5-8(10)11-4/h5-6,9H,1-4H3. The van der Waals surface area contributed by atoms with Gasteiger partial charge in [-0.25, -0.2) is 4.79 Å². The molecule has 0 fully saturated rings. The van der Waals surface area contributed by atoms with E-state index in [9.17, 15) is 4.79 Å². The zero-order valence-electron chi connectivity index (χ0n) is 7.47. The monoisotopic (exact) mass is 157 g/mol. The van der Waals surface area contributed by atoms with Crippen LogP contribution in [-0.4, -0.2) is 19.1 Å². The Bertz CT molecular complexity index is 161. The second-order valence-corrected chi connectivity index (χ2v) is 2.65. The Balaban J connectivity index is 3.90. The van der Waals surface area contributed by atoms with Crippen LogP contribution in [0.25, 0.3) is 0 Å². The Kier molecular flexibility index (Phi) is 4.34. The van der Waals surface area contributed by atoms with Crippen molar-refractivity contribution in [3.05, 3.63) is 11.8 Å². The van der Waals surface area contributed by atoms with Crippen molar-refractivity contribution < 1.29 is 9.53 Å². The molecule has 0 aliphatic carbocycles. The number of carbonyl (C=O) groups is 1. The maximum Gasteiger partial charge on any atom is 0.332 e. The third kappa shape index (κ3) is 5.45. The predicted octanol–water partition coefficient (Wildman–Crippen LogP) is 1.06. The van der Waals surface area contributed by atoms with E-state index in [2.05, 4.69) is 10.1 Å². The first-order chi connectivity index (χ1) is 5.06. The van der Waals surface area contributed by atoms with E-state index in [1.165, 1.54) is 13.2 Å². The Morgan fingerprint density at radius 1 is 1.55 bits per heavy atom. The van der Waals surface area contributed by atoms with Crippen LogP contribution in [0.3, 0.4) is 0 Å². The largest absolute Gasteiger partial charge is 0.466 e. The van der Waals surface area contributed by atoms with Crippen LogP contribution in [0.15, 0.2) is 11.8 Å².